The lowest BCUT2D eigenvalue weighted by atomic mass is 10.2. The summed E-state index contributed by atoms with van der Waals surface area (Å²) in [4.78, 5) is 24.1. The lowest BCUT2D eigenvalue weighted by Gasteiger charge is -2.31. The van der Waals surface area contributed by atoms with Crippen LogP contribution in [-0.2, 0) is 25.7 Å². The molecule has 1 amide bonds. The van der Waals surface area contributed by atoms with Crippen LogP contribution in [0.15, 0.2) is 30.3 Å². The lowest BCUT2D eigenvalue weighted by molar-refractivity contribution is -0.145. The highest BCUT2D eigenvalue weighted by molar-refractivity contribution is 6.87. The zero-order chi connectivity index (χ0) is 20.5. The molecule has 6 heteroatoms. The molecule has 0 aliphatic carbocycles. The molecule has 1 aromatic rings. The first-order chi connectivity index (χ1) is 12.6. The van der Waals surface area contributed by atoms with Crippen molar-refractivity contribution in [1.29, 1.82) is 0 Å². The van der Waals surface area contributed by atoms with Gasteiger partial charge in [0.2, 0.25) is 5.91 Å². The monoisotopic (exact) mass is 389 g/mol. The van der Waals surface area contributed by atoms with Crippen LogP contribution in [0.1, 0.15) is 32.8 Å². The molecule has 0 heterocycles. The number of hydrogen-bond acceptors (Lipinski definition) is 4. The Morgan fingerprint density at radius 3 is 2.37 bits per heavy atom. The minimum atomic E-state index is -1.77. The van der Waals surface area contributed by atoms with Crippen molar-refractivity contribution in [2.45, 2.75) is 58.0 Å². The normalized spacial score (nSPS) is 12.5. The highest BCUT2D eigenvalue weighted by Crippen LogP contribution is 2.35. The van der Waals surface area contributed by atoms with E-state index in [-0.39, 0.29) is 24.0 Å². The van der Waals surface area contributed by atoms with E-state index in [9.17, 15) is 9.59 Å². The molecule has 27 heavy (non-hydrogen) atoms. The first kappa shape index (κ1) is 22.9. The van der Waals surface area contributed by atoms with E-state index in [1.807, 2.05) is 30.3 Å². The summed E-state index contributed by atoms with van der Waals surface area (Å²) in [5, 5.41) is 2.79. The Balaban J connectivity index is 2.59. The van der Waals surface area contributed by atoms with Crippen LogP contribution in [-0.4, -0.2) is 39.7 Å². The van der Waals surface area contributed by atoms with Crippen molar-refractivity contribution >= 4 is 20.0 Å². The number of carbonyl (C=O) groups is 2. The van der Waals surface area contributed by atoms with Crippen LogP contribution >= 0.6 is 0 Å². The average Bonchev–Trinajstić information content (AvgIpc) is 2.60. The van der Waals surface area contributed by atoms with Crippen molar-refractivity contribution in [3.05, 3.63) is 35.9 Å². The maximum absolute atomic E-state index is 12.1. The Bertz CT molecular complexity index is 684. The number of ether oxygens (including phenoxy) is 2. The molecule has 0 aliphatic heterocycles. The van der Waals surface area contributed by atoms with Gasteiger partial charge in [0, 0.05) is 6.42 Å². The minimum Gasteiger partial charge on any atom is -0.467 e. The fraction of sp³-hybridized carbons (Fsp3) is 0.524. The van der Waals surface area contributed by atoms with Crippen molar-refractivity contribution in [3.8, 4) is 11.5 Å². The highest BCUT2D eigenvalue weighted by atomic mass is 28.3. The number of rotatable bonds is 7. The summed E-state index contributed by atoms with van der Waals surface area (Å²) >= 11 is 0. The Hall–Kier alpha value is -2.10. The van der Waals surface area contributed by atoms with Crippen LogP contribution in [0, 0.1) is 11.5 Å². The van der Waals surface area contributed by atoms with Gasteiger partial charge in [-0.05, 0) is 10.6 Å². The summed E-state index contributed by atoms with van der Waals surface area (Å²) in [7, 11) is -0.465. The first-order valence-electron chi connectivity index (χ1n) is 9.05. The van der Waals surface area contributed by atoms with Crippen LogP contribution in [0.2, 0.25) is 18.1 Å². The average molecular weight is 390 g/mol. The Morgan fingerprint density at radius 1 is 1.19 bits per heavy atom. The van der Waals surface area contributed by atoms with Crippen LogP contribution in [0.3, 0.4) is 0 Å². The molecular formula is C21H31NO4Si. The number of methoxy groups -OCH3 is 1. The number of esters is 1. The summed E-state index contributed by atoms with van der Waals surface area (Å²) in [5.41, 5.74) is 4.33. The molecule has 0 aliphatic rings. The van der Waals surface area contributed by atoms with E-state index >= 15 is 0 Å². The van der Waals surface area contributed by atoms with Gasteiger partial charge in [-0.1, -0.05) is 64.2 Å². The molecule has 1 rings (SSSR count). The van der Waals surface area contributed by atoms with E-state index in [2.05, 4.69) is 50.6 Å². The number of amides is 1. The third-order valence-corrected chi connectivity index (χ3v) is 9.30. The van der Waals surface area contributed by atoms with Gasteiger partial charge in [-0.3, -0.25) is 4.79 Å². The molecule has 1 aromatic carbocycles. The van der Waals surface area contributed by atoms with Gasteiger partial charge in [0.15, 0.2) is 0 Å². The van der Waals surface area contributed by atoms with Gasteiger partial charge in [0.05, 0.1) is 13.7 Å². The molecule has 0 spiro atoms. The van der Waals surface area contributed by atoms with E-state index in [0.717, 1.165) is 5.56 Å². The Morgan fingerprint density at radius 2 is 1.81 bits per heavy atom. The number of nitrogens with one attached hydrogen (secondary N) is 1. The molecule has 148 valence electrons. The molecule has 0 fully saturated rings. The van der Waals surface area contributed by atoms with Gasteiger partial charge in [0.1, 0.15) is 20.7 Å². The van der Waals surface area contributed by atoms with Gasteiger partial charge in [0.25, 0.3) is 0 Å². The Kier molecular flexibility index (Phi) is 8.74. The highest BCUT2D eigenvalue weighted by Gasteiger charge is 2.33. The second-order valence-electron chi connectivity index (χ2n) is 8.00. The first-order valence-corrected chi connectivity index (χ1v) is 12.1. The van der Waals surface area contributed by atoms with E-state index in [4.69, 9.17) is 9.47 Å². The zero-order valence-corrected chi connectivity index (χ0v) is 18.2. The van der Waals surface area contributed by atoms with Gasteiger partial charge in [-0.15, -0.1) is 11.5 Å². The van der Waals surface area contributed by atoms with Crippen LogP contribution in [0.25, 0.3) is 0 Å². The van der Waals surface area contributed by atoms with Gasteiger partial charge in [-0.2, -0.15) is 0 Å². The van der Waals surface area contributed by atoms with Crippen LogP contribution in [0.5, 0.6) is 0 Å². The topological polar surface area (TPSA) is 64.6 Å². The van der Waals surface area contributed by atoms with Crippen LogP contribution < -0.4 is 5.32 Å². The van der Waals surface area contributed by atoms with E-state index in [0.29, 0.717) is 6.61 Å². The van der Waals surface area contributed by atoms with Crippen molar-refractivity contribution < 1.29 is 19.1 Å². The smallest absolute Gasteiger partial charge is 0.329 e. The molecule has 1 atom stereocenters. The molecule has 0 radical (unpaired) electrons. The van der Waals surface area contributed by atoms with Gasteiger partial charge < -0.3 is 14.8 Å². The predicted molar refractivity (Wildman–Crippen MR) is 110 cm³/mol. The third-order valence-electron chi connectivity index (χ3n) is 4.75. The number of hydrogen-bond donors (Lipinski definition) is 1. The fourth-order valence-corrected chi connectivity index (χ4v) is 2.89. The van der Waals surface area contributed by atoms with Crippen LogP contribution in [0.4, 0.5) is 0 Å². The van der Waals surface area contributed by atoms with Crippen molar-refractivity contribution in [3.63, 3.8) is 0 Å². The molecule has 0 bridgehead atoms. The van der Waals surface area contributed by atoms with E-state index in [1.54, 1.807) is 0 Å². The molecule has 0 unspecified atom stereocenters. The molecule has 0 saturated carbocycles. The van der Waals surface area contributed by atoms with Crippen molar-refractivity contribution in [2.75, 3.05) is 13.7 Å². The predicted octanol–water partition coefficient (Wildman–Crippen LogP) is 3.30. The van der Waals surface area contributed by atoms with Gasteiger partial charge >= 0.3 is 5.97 Å². The Labute approximate surface area is 163 Å². The second kappa shape index (κ2) is 10.3. The summed E-state index contributed by atoms with van der Waals surface area (Å²) in [5.74, 6) is 2.22. The molecule has 0 aromatic heterocycles. The lowest BCUT2D eigenvalue weighted by Crippen LogP contribution is -2.43. The maximum atomic E-state index is 12.1. The summed E-state index contributed by atoms with van der Waals surface area (Å²) in [6, 6.07) is 8.79. The zero-order valence-electron chi connectivity index (χ0n) is 17.2. The van der Waals surface area contributed by atoms with Gasteiger partial charge in [-0.25, -0.2) is 4.79 Å². The second-order valence-corrected chi connectivity index (χ2v) is 13.0. The minimum absolute atomic E-state index is 0.127. The molecule has 0 saturated heterocycles. The number of carbonyl (C=O) groups excluding carboxylic acids is 2. The van der Waals surface area contributed by atoms with E-state index < -0.39 is 20.1 Å². The quantitative estimate of drug-likeness (QED) is 0.441. The van der Waals surface area contributed by atoms with Crippen molar-refractivity contribution in [2.24, 2.45) is 0 Å². The largest absolute Gasteiger partial charge is 0.467 e. The van der Waals surface area contributed by atoms with E-state index in [1.165, 1.54) is 7.11 Å². The summed E-state index contributed by atoms with van der Waals surface area (Å²) in [6.07, 6.45) is 0.226. The maximum Gasteiger partial charge on any atom is 0.329 e. The molecule has 1 N–H and O–H groups in total. The SMILES string of the molecule is COC(=O)[C@@H](CC#C[Si](C)(C)C(C)(C)C)NC(=O)COCc1ccccc1. The summed E-state index contributed by atoms with van der Waals surface area (Å²) < 4.78 is 10.2. The molecule has 5 nitrogen and oxygen atoms in total. The van der Waals surface area contributed by atoms with Crippen molar-refractivity contribution in [1.82, 2.24) is 5.32 Å². The fourth-order valence-electron chi connectivity index (χ4n) is 1.97. The standard InChI is InChI=1S/C21H31NO4Si/c1-21(2,3)27(5,6)14-10-13-18(20(24)25-4)22-19(23)16-26-15-17-11-8-7-9-12-17/h7-9,11-12,18H,13,15-16H2,1-6H3,(H,22,23)/t18-/m1/s1. The number of benzene rings is 1. The summed E-state index contributed by atoms with van der Waals surface area (Å²) in [6.45, 7) is 11.1. The molecular weight excluding hydrogens is 358 g/mol. The third kappa shape index (κ3) is 7.98.